The Balaban J connectivity index is 2.11. The van der Waals surface area contributed by atoms with E-state index in [1.54, 1.807) is 6.92 Å². The van der Waals surface area contributed by atoms with E-state index in [4.69, 9.17) is 4.74 Å². The molecule has 18 heavy (non-hydrogen) atoms. The van der Waals surface area contributed by atoms with Crippen LogP contribution in [0.15, 0.2) is 12.2 Å². The third-order valence-electron chi connectivity index (χ3n) is 3.19. The molecule has 0 aromatic carbocycles. The van der Waals surface area contributed by atoms with Gasteiger partial charge in [-0.1, -0.05) is 12.2 Å². The molecule has 4 heteroatoms. The summed E-state index contributed by atoms with van der Waals surface area (Å²) in [6.45, 7) is 2.80. The average molecular weight is 253 g/mol. The number of nitrogens with one attached hydrogen (secondary N) is 1. The summed E-state index contributed by atoms with van der Waals surface area (Å²) in [6, 6.07) is 0.538. The van der Waals surface area contributed by atoms with Crippen molar-refractivity contribution in [2.45, 2.75) is 51.2 Å². The van der Waals surface area contributed by atoms with E-state index in [2.05, 4.69) is 17.5 Å². The Kier molecular flexibility index (Phi) is 7.53. The predicted molar refractivity (Wildman–Crippen MR) is 70.5 cm³/mol. The molecule has 0 aliphatic heterocycles. The number of hydrogen-bond donors (Lipinski definition) is 1. The Morgan fingerprint density at radius 3 is 3.00 bits per heavy atom. The van der Waals surface area contributed by atoms with E-state index in [0.717, 1.165) is 19.4 Å². The second-order valence-electron chi connectivity index (χ2n) is 4.66. The summed E-state index contributed by atoms with van der Waals surface area (Å²) in [5.41, 5.74) is 0. The maximum absolute atomic E-state index is 11.0. The smallest absolute Gasteiger partial charge is 0.223 e. The lowest BCUT2D eigenvalue weighted by atomic mass is 10.0. The highest BCUT2D eigenvalue weighted by Crippen LogP contribution is 2.11. The minimum absolute atomic E-state index is 0.319. The van der Waals surface area contributed by atoms with E-state index in [1.807, 2.05) is 0 Å². The maximum atomic E-state index is 11.0. The van der Waals surface area contributed by atoms with Crippen molar-refractivity contribution in [2.75, 3.05) is 13.2 Å². The molecule has 0 amide bonds. The number of aldehydes is 1. The molecule has 102 valence electrons. The van der Waals surface area contributed by atoms with E-state index in [0.29, 0.717) is 18.9 Å². The summed E-state index contributed by atoms with van der Waals surface area (Å²) in [5.74, 6) is -0.494. The molecular weight excluding hydrogens is 230 g/mol. The van der Waals surface area contributed by atoms with Crippen molar-refractivity contribution in [3.8, 4) is 0 Å². The molecule has 0 heterocycles. The van der Waals surface area contributed by atoms with Crippen molar-refractivity contribution in [1.29, 1.82) is 0 Å². The van der Waals surface area contributed by atoms with Crippen molar-refractivity contribution in [1.82, 2.24) is 5.32 Å². The molecule has 0 fully saturated rings. The first kappa shape index (κ1) is 15.1. The van der Waals surface area contributed by atoms with Gasteiger partial charge in [0, 0.05) is 12.6 Å². The highest BCUT2D eigenvalue weighted by Gasteiger charge is 2.12. The Labute approximate surface area is 109 Å². The summed E-state index contributed by atoms with van der Waals surface area (Å²) in [6.07, 6.45) is 10.0. The zero-order valence-corrected chi connectivity index (χ0v) is 11.1. The SMILES string of the molecule is CC(OCCNC1CC/C=C\CCC1)C(=O)C=O. The van der Waals surface area contributed by atoms with Gasteiger partial charge in [0.25, 0.3) is 0 Å². The highest BCUT2D eigenvalue weighted by molar-refractivity contribution is 6.26. The molecule has 1 aliphatic rings. The molecule has 0 saturated carbocycles. The normalized spacial score (nSPS) is 23.7. The van der Waals surface area contributed by atoms with Gasteiger partial charge in [-0.3, -0.25) is 9.59 Å². The topological polar surface area (TPSA) is 55.4 Å². The van der Waals surface area contributed by atoms with Crippen LogP contribution >= 0.6 is 0 Å². The lowest BCUT2D eigenvalue weighted by molar-refractivity contribution is -0.137. The van der Waals surface area contributed by atoms with Crippen LogP contribution in [0.25, 0.3) is 0 Å². The van der Waals surface area contributed by atoms with Gasteiger partial charge in [-0.2, -0.15) is 0 Å². The second kappa shape index (κ2) is 9.00. The Morgan fingerprint density at radius 2 is 2.22 bits per heavy atom. The van der Waals surface area contributed by atoms with E-state index >= 15 is 0 Å². The molecule has 2 atom stereocenters. The number of ketones is 1. The summed E-state index contributed by atoms with van der Waals surface area (Å²) in [4.78, 5) is 21.2. The van der Waals surface area contributed by atoms with Gasteiger partial charge in [-0.25, -0.2) is 0 Å². The van der Waals surface area contributed by atoms with Gasteiger partial charge in [-0.05, 0) is 39.0 Å². The third kappa shape index (κ3) is 6.07. The number of hydrogen-bond acceptors (Lipinski definition) is 4. The third-order valence-corrected chi connectivity index (χ3v) is 3.19. The number of carbonyl (C=O) groups excluding carboxylic acids is 2. The fourth-order valence-corrected chi connectivity index (χ4v) is 2.04. The summed E-state index contributed by atoms with van der Waals surface area (Å²) >= 11 is 0. The molecule has 0 radical (unpaired) electrons. The molecule has 4 nitrogen and oxygen atoms in total. The van der Waals surface area contributed by atoms with Crippen LogP contribution in [0.2, 0.25) is 0 Å². The summed E-state index contributed by atoms with van der Waals surface area (Å²) in [5, 5.41) is 3.44. The summed E-state index contributed by atoms with van der Waals surface area (Å²) in [7, 11) is 0. The van der Waals surface area contributed by atoms with Crippen LogP contribution < -0.4 is 5.32 Å². The minimum Gasteiger partial charge on any atom is -0.369 e. The van der Waals surface area contributed by atoms with Crippen LogP contribution in [0.4, 0.5) is 0 Å². The molecule has 0 bridgehead atoms. The van der Waals surface area contributed by atoms with Gasteiger partial charge in [0.05, 0.1) is 6.61 Å². The van der Waals surface area contributed by atoms with Crippen molar-refractivity contribution >= 4 is 12.1 Å². The molecule has 2 unspecified atom stereocenters. The van der Waals surface area contributed by atoms with Crippen molar-refractivity contribution in [2.24, 2.45) is 0 Å². The van der Waals surface area contributed by atoms with Gasteiger partial charge in [-0.15, -0.1) is 0 Å². The average Bonchev–Trinajstić information content (AvgIpc) is 2.35. The predicted octanol–water partition coefficient (Wildman–Crippen LogP) is 1.64. The van der Waals surface area contributed by atoms with Crippen molar-refractivity contribution in [3.05, 3.63) is 12.2 Å². The molecule has 0 aromatic rings. The van der Waals surface area contributed by atoms with Gasteiger partial charge < -0.3 is 10.1 Å². The fourth-order valence-electron chi connectivity index (χ4n) is 2.04. The second-order valence-corrected chi connectivity index (χ2v) is 4.66. The molecule has 1 aliphatic carbocycles. The van der Waals surface area contributed by atoms with Crippen LogP contribution in [0.3, 0.4) is 0 Å². The first-order valence-corrected chi connectivity index (χ1v) is 6.73. The van der Waals surface area contributed by atoms with Crippen LogP contribution in [0.5, 0.6) is 0 Å². The molecule has 0 saturated heterocycles. The molecular formula is C14H23NO3. The van der Waals surface area contributed by atoms with Gasteiger partial charge in [0.15, 0.2) is 6.29 Å². The molecule has 0 aromatic heterocycles. The Morgan fingerprint density at radius 1 is 1.44 bits per heavy atom. The zero-order chi connectivity index (χ0) is 13.2. The first-order chi connectivity index (χ1) is 8.74. The molecule has 1 rings (SSSR count). The lowest BCUT2D eigenvalue weighted by Gasteiger charge is -2.19. The fraction of sp³-hybridized carbons (Fsp3) is 0.714. The van der Waals surface area contributed by atoms with Crippen molar-refractivity contribution in [3.63, 3.8) is 0 Å². The minimum atomic E-state index is -0.621. The van der Waals surface area contributed by atoms with E-state index in [1.165, 1.54) is 19.3 Å². The first-order valence-electron chi connectivity index (χ1n) is 6.73. The number of carbonyl (C=O) groups is 2. The number of allylic oxidation sites excluding steroid dienone is 2. The lowest BCUT2D eigenvalue weighted by Crippen LogP contribution is -2.34. The Hall–Kier alpha value is -1.00. The van der Waals surface area contributed by atoms with Crippen molar-refractivity contribution < 1.29 is 14.3 Å². The van der Waals surface area contributed by atoms with Crippen LogP contribution in [0.1, 0.15) is 39.0 Å². The zero-order valence-electron chi connectivity index (χ0n) is 11.1. The molecule has 0 spiro atoms. The summed E-state index contributed by atoms with van der Waals surface area (Å²) < 4.78 is 5.28. The number of rotatable bonds is 7. The largest absolute Gasteiger partial charge is 0.369 e. The van der Waals surface area contributed by atoms with Crippen LogP contribution in [0, 0.1) is 0 Å². The van der Waals surface area contributed by atoms with Crippen LogP contribution in [-0.2, 0) is 14.3 Å². The number of ether oxygens (including phenoxy) is 1. The monoisotopic (exact) mass is 253 g/mol. The standard InChI is InChI=1S/C14H23NO3/c1-12(14(17)11-16)18-10-9-15-13-7-5-3-2-4-6-8-13/h2-3,11-13,15H,4-10H2,1H3/b3-2-. The quantitative estimate of drug-likeness (QED) is 0.324. The Bertz CT molecular complexity index is 289. The van der Waals surface area contributed by atoms with Gasteiger partial charge >= 0.3 is 0 Å². The van der Waals surface area contributed by atoms with Gasteiger partial charge in [0.1, 0.15) is 6.10 Å². The molecule has 1 N–H and O–H groups in total. The van der Waals surface area contributed by atoms with E-state index in [9.17, 15) is 9.59 Å². The van der Waals surface area contributed by atoms with E-state index in [-0.39, 0.29) is 0 Å². The number of Topliss-reactive ketones (excluding diaryl/α,β-unsaturated/α-hetero) is 1. The highest BCUT2D eigenvalue weighted by atomic mass is 16.5. The van der Waals surface area contributed by atoms with Crippen LogP contribution in [-0.4, -0.2) is 37.4 Å². The van der Waals surface area contributed by atoms with Gasteiger partial charge in [0.2, 0.25) is 5.78 Å². The maximum Gasteiger partial charge on any atom is 0.223 e. The van der Waals surface area contributed by atoms with E-state index < -0.39 is 11.9 Å².